The fraction of sp³-hybridized carbons (Fsp3) is 0.895. The molecule has 2 aliphatic carbocycles. The van der Waals surface area contributed by atoms with Crippen molar-refractivity contribution in [2.45, 2.75) is 70.3 Å². The monoisotopic (exact) mass is 321 g/mol. The van der Waals surface area contributed by atoms with Crippen molar-refractivity contribution in [3.05, 3.63) is 0 Å². The summed E-state index contributed by atoms with van der Waals surface area (Å²) < 4.78 is 4.66. The second kappa shape index (κ2) is 7.78. The zero-order valence-electron chi connectivity index (χ0n) is 14.5. The predicted octanol–water partition coefficient (Wildman–Crippen LogP) is 3.19. The van der Waals surface area contributed by atoms with E-state index in [2.05, 4.69) is 9.64 Å². The number of methoxy groups -OCH3 is 1. The number of hydrogen-bond donors (Lipinski definition) is 0. The number of carbonyl (C=O) groups excluding carboxylic acids is 2. The molecule has 0 amide bonds. The molecule has 1 heterocycles. The fourth-order valence-electron chi connectivity index (χ4n) is 5.29. The molecule has 3 rings (SSSR count). The van der Waals surface area contributed by atoms with E-state index in [1.807, 2.05) is 0 Å². The maximum absolute atomic E-state index is 12.9. The van der Waals surface area contributed by atoms with Crippen molar-refractivity contribution in [3.8, 4) is 0 Å². The van der Waals surface area contributed by atoms with E-state index in [4.69, 9.17) is 0 Å². The topological polar surface area (TPSA) is 46.6 Å². The van der Waals surface area contributed by atoms with Gasteiger partial charge in [-0.25, -0.2) is 0 Å². The largest absolute Gasteiger partial charge is 0.469 e. The number of ketones is 1. The van der Waals surface area contributed by atoms with Crippen LogP contribution in [0.1, 0.15) is 64.2 Å². The SMILES string of the molecule is COC(=O)CCCCC(=O)[C@H]1[C@H]2CC[C@H](C2)[C@@H]1N1CCCCC1. The Hall–Kier alpha value is -0.900. The summed E-state index contributed by atoms with van der Waals surface area (Å²) in [6.07, 6.45) is 10.5. The number of rotatable bonds is 7. The Morgan fingerprint density at radius 2 is 1.70 bits per heavy atom. The van der Waals surface area contributed by atoms with Crippen LogP contribution in [0.15, 0.2) is 0 Å². The number of carbonyl (C=O) groups is 2. The van der Waals surface area contributed by atoms with Gasteiger partial charge >= 0.3 is 5.97 Å². The van der Waals surface area contributed by atoms with E-state index >= 15 is 0 Å². The Labute approximate surface area is 139 Å². The number of Topliss-reactive ketones (excluding diaryl/α,β-unsaturated/α-hetero) is 1. The lowest BCUT2D eigenvalue weighted by atomic mass is 9.79. The summed E-state index contributed by atoms with van der Waals surface area (Å²) in [6.45, 7) is 2.39. The van der Waals surface area contributed by atoms with Crippen LogP contribution < -0.4 is 0 Å². The van der Waals surface area contributed by atoms with Crippen molar-refractivity contribution in [1.82, 2.24) is 4.90 Å². The van der Waals surface area contributed by atoms with E-state index in [9.17, 15) is 9.59 Å². The first-order valence-corrected chi connectivity index (χ1v) is 9.54. The molecular weight excluding hydrogens is 290 g/mol. The molecule has 3 fully saturated rings. The van der Waals surface area contributed by atoms with Crippen LogP contribution in [0.3, 0.4) is 0 Å². The maximum Gasteiger partial charge on any atom is 0.305 e. The van der Waals surface area contributed by atoms with Gasteiger partial charge in [-0.3, -0.25) is 14.5 Å². The van der Waals surface area contributed by atoms with Gasteiger partial charge in [-0.05, 0) is 69.9 Å². The average Bonchev–Trinajstić information content (AvgIpc) is 3.20. The number of esters is 1. The first-order valence-electron chi connectivity index (χ1n) is 9.54. The number of likely N-dealkylation sites (tertiary alicyclic amines) is 1. The van der Waals surface area contributed by atoms with Gasteiger partial charge < -0.3 is 4.74 Å². The molecule has 23 heavy (non-hydrogen) atoms. The van der Waals surface area contributed by atoms with Gasteiger partial charge in [-0.15, -0.1) is 0 Å². The van der Waals surface area contributed by atoms with Crippen molar-refractivity contribution in [2.24, 2.45) is 17.8 Å². The Balaban J connectivity index is 1.53. The fourth-order valence-corrected chi connectivity index (χ4v) is 5.29. The quantitative estimate of drug-likeness (QED) is 0.534. The van der Waals surface area contributed by atoms with Gasteiger partial charge in [0.05, 0.1) is 7.11 Å². The Kier molecular flexibility index (Phi) is 5.73. The zero-order valence-corrected chi connectivity index (χ0v) is 14.5. The van der Waals surface area contributed by atoms with Crippen molar-refractivity contribution in [3.63, 3.8) is 0 Å². The average molecular weight is 321 g/mol. The maximum atomic E-state index is 12.9. The summed E-state index contributed by atoms with van der Waals surface area (Å²) in [5, 5.41) is 0. The highest BCUT2D eigenvalue weighted by molar-refractivity contribution is 5.82. The summed E-state index contributed by atoms with van der Waals surface area (Å²) in [4.78, 5) is 26.7. The molecule has 0 aromatic carbocycles. The molecule has 4 nitrogen and oxygen atoms in total. The van der Waals surface area contributed by atoms with Crippen molar-refractivity contribution in [2.75, 3.05) is 20.2 Å². The first kappa shape index (κ1) is 16.9. The molecule has 4 heteroatoms. The lowest BCUT2D eigenvalue weighted by molar-refractivity contribution is -0.141. The normalized spacial score (nSPS) is 33.8. The van der Waals surface area contributed by atoms with E-state index in [-0.39, 0.29) is 11.9 Å². The van der Waals surface area contributed by atoms with Gasteiger partial charge in [0.1, 0.15) is 5.78 Å². The predicted molar refractivity (Wildman–Crippen MR) is 89.0 cm³/mol. The van der Waals surface area contributed by atoms with Crippen LogP contribution >= 0.6 is 0 Å². The van der Waals surface area contributed by atoms with Gasteiger partial charge in [-0.2, -0.15) is 0 Å². The van der Waals surface area contributed by atoms with Crippen LogP contribution in [0.25, 0.3) is 0 Å². The van der Waals surface area contributed by atoms with Crippen LogP contribution in [0, 0.1) is 17.8 Å². The number of nitrogens with zero attached hydrogens (tertiary/aromatic N) is 1. The molecule has 2 saturated carbocycles. The molecule has 0 unspecified atom stereocenters. The molecule has 0 spiro atoms. The van der Waals surface area contributed by atoms with Crippen molar-refractivity contribution in [1.29, 1.82) is 0 Å². The molecular formula is C19H31NO3. The summed E-state index contributed by atoms with van der Waals surface area (Å²) in [5.41, 5.74) is 0. The smallest absolute Gasteiger partial charge is 0.305 e. The summed E-state index contributed by atoms with van der Waals surface area (Å²) in [7, 11) is 1.42. The molecule has 1 aliphatic heterocycles. The minimum absolute atomic E-state index is 0.163. The molecule has 0 N–H and O–H groups in total. The standard InChI is InChI=1S/C19H31NO3/c1-23-17(22)8-4-3-7-16(21)18-14-9-10-15(13-14)19(18)20-11-5-2-6-12-20/h14-15,18-19H,2-13H2,1H3/t14-,15+,18+,19-/m0/s1. The molecule has 1 saturated heterocycles. The minimum Gasteiger partial charge on any atom is -0.469 e. The first-order chi connectivity index (χ1) is 11.2. The summed E-state index contributed by atoms with van der Waals surface area (Å²) in [6, 6.07) is 0.530. The summed E-state index contributed by atoms with van der Waals surface area (Å²) in [5.74, 6) is 1.99. The van der Waals surface area contributed by atoms with Gasteiger partial charge in [0.25, 0.3) is 0 Å². The highest BCUT2D eigenvalue weighted by Crippen LogP contribution is 2.51. The zero-order chi connectivity index (χ0) is 16.2. The third-order valence-corrected chi connectivity index (χ3v) is 6.34. The number of unbranched alkanes of at least 4 members (excludes halogenated alkanes) is 1. The van der Waals surface area contributed by atoms with Crippen LogP contribution in [0.2, 0.25) is 0 Å². The second-order valence-corrected chi connectivity index (χ2v) is 7.70. The lowest BCUT2D eigenvalue weighted by Gasteiger charge is -2.41. The highest BCUT2D eigenvalue weighted by Gasteiger charge is 2.52. The van der Waals surface area contributed by atoms with Gasteiger partial charge in [0, 0.05) is 24.8 Å². The Bertz CT molecular complexity index is 430. The third-order valence-electron chi connectivity index (χ3n) is 6.34. The van der Waals surface area contributed by atoms with Crippen LogP contribution in [0.4, 0.5) is 0 Å². The van der Waals surface area contributed by atoms with Gasteiger partial charge in [0.15, 0.2) is 0 Å². The van der Waals surface area contributed by atoms with E-state index in [1.165, 1.54) is 58.7 Å². The molecule has 3 aliphatic rings. The van der Waals surface area contributed by atoms with E-state index < -0.39 is 0 Å². The Morgan fingerprint density at radius 3 is 2.43 bits per heavy atom. The molecule has 0 aromatic rings. The van der Waals surface area contributed by atoms with Crippen LogP contribution in [-0.4, -0.2) is 42.9 Å². The lowest BCUT2D eigenvalue weighted by Crippen LogP contribution is -2.49. The number of hydrogen-bond acceptors (Lipinski definition) is 4. The molecule has 0 radical (unpaired) electrons. The number of fused-ring (bicyclic) bond motifs is 2. The van der Waals surface area contributed by atoms with Crippen LogP contribution in [-0.2, 0) is 14.3 Å². The van der Waals surface area contributed by atoms with Crippen molar-refractivity contribution < 1.29 is 14.3 Å². The second-order valence-electron chi connectivity index (χ2n) is 7.70. The summed E-state index contributed by atoms with van der Waals surface area (Å²) >= 11 is 0. The molecule has 2 bridgehead atoms. The number of piperidine rings is 1. The van der Waals surface area contributed by atoms with Gasteiger partial charge in [-0.1, -0.05) is 6.42 Å². The molecule has 4 atom stereocenters. The number of ether oxygens (including phenoxy) is 1. The van der Waals surface area contributed by atoms with E-state index in [0.717, 1.165) is 18.8 Å². The van der Waals surface area contributed by atoms with E-state index in [0.29, 0.717) is 30.6 Å². The molecule has 130 valence electrons. The van der Waals surface area contributed by atoms with Gasteiger partial charge in [0.2, 0.25) is 0 Å². The minimum atomic E-state index is -0.163. The molecule has 0 aromatic heterocycles. The van der Waals surface area contributed by atoms with Crippen LogP contribution in [0.5, 0.6) is 0 Å². The third kappa shape index (κ3) is 3.78. The Morgan fingerprint density at radius 1 is 1.00 bits per heavy atom. The van der Waals surface area contributed by atoms with Crippen molar-refractivity contribution >= 4 is 11.8 Å². The highest BCUT2D eigenvalue weighted by atomic mass is 16.5. The van der Waals surface area contributed by atoms with E-state index in [1.54, 1.807) is 0 Å².